The predicted octanol–water partition coefficient (Wildman–Crippen LogP) is 1.06. The lowest BCUT2D eigenvalue weighted by molar-refractivity contribution is -0.223. The Morgan fingerprint density at radius 1 is 1.54 bits per heavy atom. The molecule has 1 heterocycles. The molecular formula is C10H15NO2. The quantitative estimate of drug-likeness (QED) is 0.566. The summed E-state index contributed by atoms with van der Waals surface area (Å²) in [5.74, 6) is 2.65. The first-order chi connectivity index (χ1) is 5.93. The summed E-state index contributed by atoms with van der Waals surface area (Å²) < 4.78 is 0. The van der Waals surface area contributed by atoms with Crippen LogP contribution in [0.4, 0.5) is 0 Å². The van der Waals surface area contributed by atoms with Crippen LogP contribution in [0.3, 0.4) is 0 Å². The van der Waals surface area contributed by atoms with Gasteiger partial charge >= 0.3 is 5.97 Å². The second-order valence-electron chi connectivity index (χ2n) is 4.34. The predicted molar refractivity (Wildman–Crippen MR) is 49.4 cm³/mol. The Balaban J connectivity index is 2.30. The molecule has 0 aromatic carbocycles. The lowest BCUT2D eigenvalue weighted by Gasteiger charge is -2.35. The van der Waals surface area contributed by atoms with Gasteiger partial charge in [-0.25, -0.2) is 4.79 Å². The molecule has 0 atom stereocenters. The van der Waals surface area contributed by atoms with Crippen molar-refractivity contribution in [3.8, 4) is 12.3 Å². The molecule has 1 rings (SSSR count). The zero-order valence-electron chi connectivity index (χ0n) is 8.33. The fourth-order valence-electron chi connectivity index (χ4n) is 0.872. The van der Waals surface area contributed by atoms with Gasteiger partial charge in [-0.1, -0.05) is 0 Å². The molecule has 0 aromatic rings. The smallest absolute Gasteiger partial charge is 0.330 e. The van der Waals surface area contributed by atoms with Gasteiger partial charge in [-0.2, -0.15) is 0 Å². The Bertz CT molecular complexity index is 241. The maximum Gasteiger partial charge on any atom is 0.330 e. The van der Waals surface area contributed by atoms with E-state index in [1.165, 1.54) is 0 Å². The highest BCUT2D eigenvalue weighted by Gasteiger charge is 2.32. The Morgan fingerprint density at radius 2 is 2.08 bits per heavy atom. The van der Waals surface area contributed by atoms with Gasteiger partial charge in [0, 0.05) is 0 Å². The number of terminal acetylenes is 1. The highest BCUT2D eigenvalue weighted by molar-refractivity contribution is 5.75. The number of hydrogen-bond acceptors (Lipinski definition) is 3. The van der Waals surface area contributed by atoms with Crippen LogP contribution in [0.5, 0.6) is 0 Å². The minimum Gasteiger partial charge on any atom is -0.367 e. The number of hydroxylamine groups is 2. The Kier molecular flexibility index (Phi) is 2.63. The molecule has 0 amide bonds. The van der Waals surface area contributed by atoms with Crippen molar-refractivity contribution < 1.29 is 9.63 Å². The summed E-state index contributed by atoms with van der Waals surface area (Å²) in [4.78, 5) is 16.4. The lowest BCUT2D eigenvalue weighted by Crippen LogP contribution is -2.48. The molecule has 0 aliphatic carbocycles. The highest BCUT2D eigenvalue weighted by Crippen LogP contribution is 2.20. The fraction of sp³-hybridized carbons (Fsp3) is 0.700. The van der Waals surface area contributed by atoms with E-state index in [9.17, 15) is 4.79 Å². The molecule has 0 radical (unpaired) electrons. The summed E-state index contributed by atoms with van der Waals surface area (Å²) in [5, 5.41) is 1.61. The first-order valence-electron chi connectivity index (χ1n) is 4.37. The van der Waals surface area contributed by atoms with E-state index < -0.39 is 5.41 Å². The van der Waals surface area contributed by atoms with Crippen molar-refractivity contribution >= 4 is 5.97 Å². The average molecular weight is 181 g/mol. The van der Waals surface area contributed by atoms with E-state index in [0.717, 1.165) is 0 Å². The van der Waals surface area contributed by atoms with Crippen LogP contribution in [-0.4, -0.2) is 24.1 Å². The molecule has 0 saturated carbocycles. The molecule has 3 heteroatoms. The van der Waals surface area contributed by atoms with E-state index in [2.05, 4.69) is 5.92 Å². The van der Waals surface area contributed by atoms with Gasteiger partial charge in [0.15, 0.2) is 0 Å². The van der Waals surface area contributed by atoms with E-state index in [1.807, 2.05) is 20.8 Å². The Labute approximate surface area is 79.0 Å². The summed E-state index contributed by atoms with van der Waals surface area (Å²) in [6, 6.07) is 0. The molecule has 0 aromatic heterocycles. The summed E-state index contributed by atoms with van der Waals surface area (Å²) >= 11 is 0. The van der Waals surface area contributed by atoms with E-state index in [-0.39, 0.29) is 11.9 Å². The summed E-state index contributed by atoms with van der Waals surface area (Å²) in [6.45, 7) is 6.81. The molecule has 0 spiro atoms. The average Bonchev–Trinajstić information content (AvgIpc) is 1.93. The third-order valence-electron chi connectivity index (χ3n) is 1.91. The fourth-order valence-corrected chi connectivity index (χ4v) is 0.872. The SMILES string of the molecule is C#CC1CN(OC(=O)C(C)(C)C)C1. The first kappa shape index (κ1) is 10.1. The highest BCUT2D eigenvalue weighted by atomic mass is 16.7. The van der Waals surface area contributed by atoms with Gasteiger partial charge in [-0.3, -0.25) is 0 Å². The van der Waals surface area contributed by atoms with Crippen molar-refractivity contribution in [2.75, 3.05) is 13.1 Å². The van der Waals surface area contributed by atoms with Crippen molar-refractivity contribution in [2.45, 2.75) is 20.8 Å². The van der Waals surface area contributed by atoms with Crippen LogP contribution in [0.15, 0.2) is 0 Å². The van der Waals surface area contributed by atoms with Crippen molar-refractivity contribution in [2.24, 2.45) is 11.3 Å². The lowest BCUT2D eigenvalue weighted by atomic mass is 9.97. The van der Waals surface area contributed by atoms with E-state index >= 15 is 0 Å². The second-order valence-corrected chi connectivity index (χ2v) is 4.34. The summed E-state index contributed by atoms with van der Waals surface area (Å²) in [7, 11) is 0. The normalized spacial score (nSPS) is 18.9. The van der Waals surface area contributed by atoms with Gasteiger partial charge in [-0.05, 0) is 20.8 Å². The first-order valence-corrected chi connectivity index (χ1v) is 4.37. The molecule has 1 aliphatic rings. The zero-order chi connectivity index (χ0) is 10.1. The van der Waals surface area contributed by atoms with Crippen LogP contribution in [-0.2, 0) is 9.63 Å². The maximum atomic E-state index is 11.3. The van der Waals surface area contributed by atoms with Crippen molar-refractivity contribution in [1.29, 1.82) is 0 Å². The van der Waals surface area contributed by atoms with Crippen LogP contribution in [0, 0.1) is 23.7 Å². The molecule has 0 bridgehead atoms. The molecule has 13 heavy (non-hydrogen) atoms. The third kappa shape index (κ3) is 2.46. The number of rotatable bonds is 1. The molecule has 1 saturated heterocycles. The van der Waals surface area contributed by atoms with Crippen LogP contribution in [0.25, 0.3) is 0 Å². The van der Waals surface area contributed by atoms with Gasteiger partial charge in [0.2, 0.25) is 0 Å². The van der Waals surface area contributed by atoms with Crippen molar-refractivity contribution in [3.05, 3.63) is 0 Å². The topological polar surface area (TPSA) is 29.5 Å². The number of hydrogen-bond donors (Lipinski definition) is 0. The molecule has 0 N–H and O–H groups in total. The van der Waals surface area contributed by atoms with Gasteiger partial charge in [0.25, 0.3) is 0 Å². The maximum absolute atomic E-state index is 11.3. The monoisotopic (exact) mass is 181 g/mol. The van der Waals surface area contributed by atoms with Crippen molar-refractivity contribution in [3.63, 3.8) is 0 Å². The molecule has 0 unspecified atom stereocenters. The molecule has 1 aliphatic heterocycles. The number of carbonyl (C=O) groups is 1. The number of nitrogens with zero attached hydrogens (tertiary/aromatic N) is 1. The van der Waals surface area contributed by atoms with Crippen molar-refractivity contribution in [1.82, 2.24) is 5.06 Å². The minimum absolute atomic E-state index is 0.206. The minimum atomic E-state index is -0.443. The zero-order valence-corrected chi connectivity index (χ0v) is 8.33. The van der Waals surface area contributed by atoms with E-state index in [1.54, 1.807) is 5.06 Å². The molecule has 72 valence electrons. The van der Waals surface area contributed by atoms with Gasteiger partial charge in [0.05, 0.1) is 24.4 Å². The number of carbonyl (C=O) groups excluding carboxylic acids is 1. The largest absolute Gasteiger partial charge is 0.367 e. The molecular weight excluding hydrogens is 166 g/mol. The standard InChI is InChI=1S/C10H15NO2/c1-5-8-6-11(7-8)13-9(12)10(2,3)4/h1,8H,6-7H2,2-4H3. The van der Waals surface area contributed by atoms with E-state index in [4.69, 9.17) is 11.3 Å². The Morgan fingerprint density at radius 3 is 2.46 bits per heavy atom. The molecule has 3 nitrogen and oxygen atoms in total. The van der Waals surface area contributed by atoms with Crippen LogP contribution in [0.1, 0.15) is 20.8 Å². The third-order valence-corrected chi connectivity index (χ3v) is 1.91. The summed E-state index contributed by atoms with van der Waals surface area (Å²) in [6.07, 6.45) is 5.20. The summed E-state index contributed by atoms with van der Waals surface area (Å²) in [5.41, 5.74) is -0.443. The van der Waals surface area contributed by atoms with Crippen LogP contribution in [0.2, 0.25) is 0 Å². The van der Waals surface area contributed by atoms with Crippen LogP contribution >= 0.6 is 0 Å². The van der Waals surface area contributed by atoms with Crippen LogP contribution < -0.4 is 0 Å². The van der Waals surface area contributed by atoms with E-state index in [0.29, 0.717) is 13.1 Å². The Hall–Kier alpha value is -1.01. The van der Waals surface area contributed by atoms with Gasteiger partial charge in [-0.15, -0.1) is 17.4 Å². The van der Waals surface area contributed by atoms with Gasteiger partial charge in [0.1, 0.15) is 0 Å². The van der Waals surface area contributed by atoms with Gasteiger partial charge < -0.3 is 4.84 Å². The second kappa shape index (κ2) is 3.39. The molecule has 1 fully saturated rings.